The summed E-state index contributed by atoms with van der Waals surface area (Å²) in [6.45, 7) is 3.78. The first-order chi connectivity index (χ1) is 14.4. The van der Waals surface area contributed by atoms with Gasteiger partial charge in [-0.25, -0.2) is 4.98 Å². The van der Waals surface area contributed by atoms with E-state index in [0.29, 0.717) is 10.6 Å². The normalized spacial score (nSPS) is 11.0. The molecule has 0 aliphatic heterocycles. The van der Waals surface area contributed by atoms with E-state index in [-0.39, 0.29) is 5.91 Å². The summed E-state index contributed by atoms with van der Waals surface area (Å²) < 4.78 is 0. The Morgan fingerprint density at radius 2 is 1.83 bits per heavy atom. The van der Waals surface area contributed by atoms with E-state index in [1.807, 2.05) is 32.2 Å². The van der Waals surface area contributed by atoms with Crippen LogP contribution < -0.4 is 5.32 Å². The number of hydrogen-bond acceptors (Lipinski definition) is 5. The van der Waals surface area contributed by atoms with Crippen molar-refractivity contribution in [2.75, 3.05) is 0 Å². The summed E-state index contributed by atoms with van der Waals surface area (Å²) in [4.78, 5) is 21.4. The van der Waals surface area contributed by atoms with E-state index in [2.05, 4.69) is 39.7 Å². The van der Waals surface area contributed by atoms with E-state index in [4.69, 9.17) is 11.6 Å². The number of aromatic nitrogens is 1. The predicted octanol–water partition coefficient (Wildman–Crippen LogP) is 6.81. The fourth-order valence-electron chi connectivity index (χ4n) is 2.65. The van der Waals surface area contributed by atoms with E-state index < -0.39 is 5.54 Å². The van der Waals surface area contributed by atoms with Gasteiger partial charge in [-0.05, 0) is 61.7 Å². The highest BCUT2D eigenvalue weighted by molar-refractivity contribution is 7.25. The van der Waals surface area contributed by atoms with Crippen molar-refractivity contribution < 1.29 is 4.79 Å². The minimum absolute atomic E-state index is 0.177. The number of nitrogens with zero attached hydrogens (tertiary/aromatic N) is 1. The molecule has 1 N–H and O–H groups in total. The van der Waals surface area contributed by atoms with Crippen LogP contribution in [0.25, 0.3) is 19.6 Å². The number of hydrogen-bond donors (Lipinski definition) is 1. The largest absolute Gasteiger partial charge is 0.336 e. The Balaban J connectivity index is 1.46. The SMILES string of the molecule is CC(C)(C#Cc1ccc(-c2cnc(-c3cccs3)s2)s1)NC(=O)c1ccc(Cl)cc1. The highest BCUT2D eigenvalue weighted by atomic mass is 35.5. The Kier molecular flexibility index (Phi) is 6.07. The van der Waals surface area contributed by atoms with Crippen LogP contribution in [0.5, 0.6) is 0 Å². The van der Waals surface area contributed by atoms with Gasteiger partial charge in [0.05, 0.1) is 20.2 Å². The van der Waals surface area contributed by atoms with E-state index in [9.17, 15) is 4.79 Å². The summed E-state index contributed by atoms with van der Waals surface area (Å²) in [5, 5.41) is 6.65. The van der Waals surface area contributed by atoms with Crippen molar-refractivity contribution in [3.8, 4) is 31.5 Å². The van der Waals surface area contributed by atoms with Crippen molar-refractivity contribution in [2.45, 2.75) is 19.4 Å². The summed E-state index contributed by atoms with van der Waals surface area (Å²) in [6, 6.07) is 15.0. The molecule has 30 heavy (non-hydrogen) atoms. The minimum atomic E-state index is -0.669. The third-order valence-electron chi connectivity index (χ3n) is 4.12. The van der Waals surface area contributed by atoms with Gasteiger partial charge in [0.2, 0.25) is 0 Å². The first-order valence-corrected chi connectivity index (χ1v) is 12.0. The van der Waals surface area contributed by atoms with Crippen LogP contribution in [0.4, 0.5) is 0 Å². The van der Waals surface area contributed by atoms with Crippen molar-refractivity contribution in [3.63, 3.8) is 0 Å². The molecule has 0 bridgehead atoms. The molecule has 0 aliphatic rings. The molecule has 0 spiro atoms. The molecule has 3 nitrogen and oxygen atoms in total. The molecule has 1 amide bonds. The van der Waals surface area contributed by atoms with Gasteiger partial charge in [0.1, 0.15) is 5.01 Å². The maximum Gasteiger partial charge on any atom is 0.252 e. The van der Waals surface area contributed by atoms with Crippen LogP contribution in [0.2, 0.25) is 5.02 Å². The molecule has 0 aliphatic carbocycles. The molecule has 0 fully saturated rings. The zero-order chi connectivity index (χ0) is 21.1. The standard InChI is InChI=1S/C23H17ClN2OS3/c1-23(2,26-21(27)15-5-7-16(24)8-6-15)12-11-17-9-10-18(29-17)20-14-25-22(30-20)19-4-3-13-28-19/h3-10,13-14H,1-2H3,(H,26,27). The molecule has 0 saturated carbocycles. The average Bonchev–Trinajstić information content (AvgIpc) is 3.47. The Bertz CT molecular complexity index is 1230. The van der Waals surface area contributed by atoms with Crippen molar-refractivity contribution >= 4 is 51.5 Å². The van der Waals surface area contributed by atoms with Crippen molar-refractivity contribution in [1.29, 1.82) is 0 Å². The number of nitrogens with one attached hydrogen (secondary N) is 1. The molecule has 4 rings (SSSR count). The van der Waals surface area contributed by atoms with Crippen LogP contribution >= 0.6 is 45.6 Å². The molecule has 3 aromatic heterocycles. The zero-order valence-electron chi connectivity index (χ0n) is 16.2. The van der Waals surface area contributed by atoms with Gasteiger partial charge in [0.25, 0.3) is 5.91 Å². The third-order valence-corrected chi connectivity index (χ3v) is 7.60. The van der Waals surface area contributed by atoms with Gasteiger partial charge < -0.3 is 5.32 Å². The number of thiophene rings is 2. The van der Waals surface area contributed by atoms with Crippen molar-refractivity contribution in [2.24, 2.45) is 0 Å². The number of carbonyl (C=O) groups excluding carboxylic acids is 1. The molecule has 7 heteroatoms. The molecule has 1 aromatic carbocycles. The fourth-order valence-corrected chi connectivity index (χ4v) is 5.43. The van der Waals surface area contributed by atoms with Crippen LogP contribution in [-0.4, -0.2) is 16.4 Å². The number of thiazole rings is 1. The lowest BCUT2D eigenvalue weighted by Gasteiger charge is -2.19. The number of amides is 1. The van der Waals surface area contributed by atoms with E-state index in [1.54, 1.807) is 58.3 Å². The molecule has 0 unspecified atom stereocenters. The van der Waals surface area contributed by atoms with Crippen LogP contribution in [-0.2, 0) is 0 Å². The van der Waals surface area contributed by atoms with Gasteiger partial charge in [-0.15, -0.1) is 34.0 Å². The van der Waals surface area contributed by atoms with Gasteiger partial charge in [-0.2, -0.15) is 0 Å². The highest BCUT2D eigenvalue weighted by Crippen LogP contribution is 2.37. The summed E-state index contributed by atoms with van der Waals surface area (Å²) in [6.07, 6.45) is 1.92. The second-order valence-corrected chi connectivity index (χ2v) is 10.5. The molecular weight excluding hydrogens is 452 g/mol. The lowest BCUT2D eigenvalue weighted by atomic mass is 10.1. The van der Waals surface area contributed by atoms with Crippen molar-refractivity contribution in [1.82, 2.24) is 10.3 Å². The summed E-state index contributed by atoms with van der Waals surface area (Å²) in [5.41, 5.74) is -0.114. The molecule has 150 valence electrons. The molecule has 0 saturated heterocycles. The summed E-state index contributed by atoms with van der Waals surface area (Å²) in [7, 11) is 0. The maximum atomic E-state index is 12.4. The van der Waals surface area contributed by atoms with Crippen molar-refractivity contribution in [3.05, 3.63) is 75.6 Å². The third kappa shape index (κ3) is 5.00. The summed E-state index contributed by atoms with van der Waals surface area (Å²) >= 11 is 10.9. The first-order valence-electron chi connectivity index (χ1n) is 9.11. The summed E-state index contributed by atoms with van der Waals surface area (Å²) in [5.74, 6) is 6.19. The van der Waals surface area contributed by atoms with Crippen LogP contribution in [0.15, 0.2) is 60.1 Å². The van der Waals surface area contributed by atoms with Gasteiger partial charge in [-0.1, -0.05) is 29.5 Å². The van der Waals surface area contributed by atoms with Gasteiger partial charge >= 0.3 is 0 Å². The first kappa shape index (κ1) is 20.8. The number of halogens is 1. The number of carbonyl (C=O) groups is 1. The van der Waals surface area contributed by atoms with Crippen LogP contribution in [0, 0.1) is 11.8 Å². The molecule has 4 aromatic rings. The van der Waals surface area contributed by atoms with Gasteiger partial charge in [-0.3, -0.25) is 4.79 Å². The van der Waals surface area contributed by atoms with Gasteiger partial charge in [0, 0.05) is 21.7 Å². The molecule has 3 heterocycles. The Labute approximate surface area is 192 Å². The second-order valence-electron chi connectivity index (χ2n) is 7.01. The topological polar surface area (TPSA) is 42.0 Å². The van der Waals surface area contributed by atoms with Crippen LogP contribution in [0.3, 0.4) is 0 Å². The molecule has 0 radical (unpaired) electrons. The Morgan fingerprint density at radius 1 is 1.03 bits per heavy atom. The van der Waals surface area contributed by atoms with E-state index in [0.717, 1.165) is 19.6 Å². The Hall–Kier alpha value is -2.43. The second kappa shape index (κ2) is 8.75. The maximum absolute atomic E-state index is 12.4. The average molecular weight is 469 g/mol. The van der Waals surface area contributed by atoms with Crippen LogP contribution in [0.1, 0.15) is 29.1 Å². The predicted molar refractivity (Wildman–Crippen MR) is 129 cm³/mol. The number of rotatable bonds is 4. The number of benzene rings is 1. The quantitative estimate of drug-likeness (QED) is 0.334. The smallest absolute Gasteiger partial charge is 0.252 e. The lowest BCUT2D eigenvalue weighted by Crippen LogP contribution is -2.42. The zero-order valence-corrected chi connectivity index (χ0v) is 19.4. The fraction of sp³-hybridized carbons (Fsp3) is 0.130. The van der Waals surface area contributed by atoms with Gasteiger partial charge in [0.15, 0.2) is 0 Å². The lowest BCUT2D eigenvalue weighted by molar-refractivity contribution is 0.0930. The van der Waals surface area contributed by atoms with E-state index in [1.165, 1.54) is 4.88 Å². The van der Waals surface area contributed by atoms with E-state index >= 15 is 0 Å². The Morgan fingerprint density at radius 3 is 2.57 bits per heavy atom. The molecule has 0 atom stereocenters. The molecular formula is C23H17ClN2OS3. The highest BCUT2D eigenvalue weighted by Gasteiger charge is 2.18. The monoisotopic (exact) mass is 468 g/mol. The minimum Gasteiger partial charge on any atom is -0.336 e.